The summed E-state index contributed by atoms with van der Waals surface area (Å²) in [5.41, 5.74) is 0.177. The highest BCUT2D eigenvalue weighted by molar-refractivity contribution is 7.85. The third-order valence-corrected chi connectivity index (χ3v) is 4.28. The monoisotopic (exact) mass is 369 g/mol. The molecular formula is C15H19N3O6S. The molecule has 1 aromatic heterocycles. The highest BCUT2D eigenvalue weighted by Gasteiger charge is 2.11. The standard InChI is InChI=1S/C8H11N3O3.C7H8O3S/c12-7-1-2-11(8(13)9-7)10-3-5-14-6-4-10;1-6-2-4-7(5-3-6)11(8,9)10/h1-2H,3-6H2,(H,9,12,13);2-5H,1H3,(H,8,9,10). The SMILES string of the molecule is Cc1ccc(S(=O)(=O)O)cc1.O=c1ccn(N2CCOCC2)c(=O)[nH]1. The van der Waals surface area contributed by atoms with Gasteiger partial charge in [0.1, 0.15) is 0 Å². The first-order valence-electron chi connectivity index (χ1n) is 7.46. The lowest BCUT2D eigenvalue weighted by Crippen LogP contribution is -2.50. The Bertz CT molecular complexity index is 911. The summed E-state index contributed by atoms with van der Waals surface area (Å²) in [7, 11) is -4.02. The minimum atomic E-state index is -4.02. The molecule has 9 nitrogen and oxygen atoms in total. The molecule has 0 aliphatic carbocycles. The molecule has 1 aromatic carbocycles. The molecule has 136 valence electrons. The van der Waals surface area contributed by atoms with Gasteiger partial charge in [0.05, 0.1) is 31.2 Å². The van der Waals surface area contributed by atoms with Gasteiger partial charge in [-0.3, -0.25) is 14.3 Å². The van der Waals surface area contributed by atoms with Crippen LogP contribution >= 0.6 is 0 Å². The van der Waals surface area contributed by atoms with Gasteiger partial charge in [0.2, 0.25) is 0 Å². The Hall–Kier alpha value is -2.43. The van der Waals surface area contributed by atoms with Gasteiger partial charge in [-0.15, -0.1) is 0 Å². The van der Waals surface area contributed by atoms with Gasteiger partial charge in [-0.1, -0.05) is 17.7 Å². The fourth-order valence-electron chi connectivity index (χ4n) is 2.11. The first kappa shape index (κ1) is 18.9. The summed E-state index contributed by atoms with van der Waals surface area (Å²) in [6.07, 6.45) is 1.48. The van der Waals surface area contributed by atoms with Crippen molar-refractivity contribution < 1.29 is 17.7 Å². The zero-order chi connectivity index (χ0) is 18.4. The van der Waals surface area contributed by atoms with E-state index in [0.29, 0.717) is 26.3 Å². The summed E-state index contributed by atoms with van der Waals surface area (Å²) in [6, 6.07) is 7.32. The van der Waals surface area contributed by atoms with E-state index in [4.69, 9.17) is 9.29 Å². The van der Waals surface area contributed by atoms with Crippen molar-refractivity contribution in [2.45, 2.75) is 11.8 Å². The van der Waals surface area contributed by atoms with Gasteiger partial charge < -0.3 is 9.75 Å². The Morgan fingerprint density at radius 3 is 2.20 bits per heavy atom. The number of morpholine rings is 1. The van der Waals surface area contributed by atoms with E-state index in [1.165, 1.54) is 29.1 Å². The number of aryl methyl sites for hydroxylation is 1. The molecule has 1 aliphatic heterocycles. The van der Waals surface area contributed by atoms with Gasteiger partial charge in [-0.2, -0.15) is 8.42 Å². The number of rotatable bonds is 2. The van der Waals surface area contributed by atoms with Gasteiger partial charge >= 0.3 is 5.69 Å². The lowest BCUT2D eigenvalue weighted by atomic mass is 10.2. The number of hydrogen-bond acceptors (Lipinski definition) is 6. The summed E-state index contributed by atoms with van der Waals surface area (Å²) >= 11 is 0. The lowest BCUT2D eigenvalue weighted by molar-refractivity contribution is 0.110. The molecule has 0 spiro atoms. The minimum Gasteiger partial charge on any atom is -0.378 e. The third kappa shape index (κ3) is 5.55. The van der Waals surface area contributed by atoms with Crippen molar-refractivity contribution in [3.05, 3.63) is 62.9 Å². The summed E-state index contributed by atoms with van der Waals surface area (Å²) in [5.74, 6) is 0. The van der Waals surface area contributed by atoms with Crippen molar-refractivity contribution >= 4 is 10.1 Å². The van der Waals surface area contributed by atoms with E-state index in [1.54, 1.807) is 12.1 Å². The largest absolute Gasteiger partial charge is 0.378 e. The number of hydrogen-bond donors (Lipinski definition) is 2. The molecule has 0 radical (unpaired) electrons. The van der Waals surface area contributed by atoms with Gasteiger partial charge in [0, 0.05) is 12.3 Å². The van der Waals surface area contributed by atoms with E-state index in [1.807, 2.05) is 11.9 Å². The maximum absolute atomic E-state index is 11.4. The van der Waals surface area contributed by atoms with Crippen LogP contribution in [0.1, 0.15) is 5.56 Å². The number of aromatic amines is 1. The first-order valence-corrected chi connectivity index (χ1v) is 8.90. The van der Waals surface area contributed by atoms with E-state index >= 15 is 0 Å². The van der Waals surface area contributed by atoms with Crippen LogP contribution in [0.25, 0.3) is 0 Å². The molecular weight excluding hydrogens is 350 g/mol. The Kier molecular flexibility index (Phi) is 6.12. The number of nitrogens with one attached hydrogen (secondary N) is 1. The van der Waals surface area contributed by atoms with Crippen molar-refractivity contribution in [1.29, 1.82) is 0 Å². The number of ether oxygens (including phenoxy) is 1. The fourth-order valence-corrected chi connectivity index (χ4v) is 2.59. The Morgan fingerprint density at radius 1 is 1.08 bits per heavy atom. The molecule has 3 rings (SSSR count). The second-order valence-electron chi connectivity index (χ2n) is 5.31. The highest BCUT2D eigenvalue weighted by Crippen LogP contribution is 2.08. The van der Waals surface area contributed by atoms with E-state index in [2.05, 4.69) is 4.98 Å². The zero-order valence-electron chi connectivity index (χ0n) is 13.6. The van der Waals surface area contributed by atoms with Crippen LogP contribution < -0.4 is 16.3 Å². The number of aromatic nitrogens is 2. The van der Waals surface area contributed by atoms with Crippen LogP contribution in [0, 0.1) is 6.92 Å². The maximum Gasteiger partial charge on any atom is 0.347 e. The fraction of sp³-hybridized carbons (Fsp3) is 0.333. The van der Waals surface area contributed by atoms with Crippen LogP contribution in [-0.4, -0.2) is 48.9 Å². The number of H-pyrrole nitrogens is 1. The Balaban J connectivity index is 0.000000186. The van der Waals surface area contributed by atoms with Crippen molar-refractivity contribution in [3.8, 4) is 0 Å². The van der Waals surface area contributed by atoms with Crippen molar-refractivity contribution in [1.82, 2.24) is 9.66 Å². The molecule has 0 bridgehead atoms. The summed E-state index contributed by atoms with van der Waals surface area (Å²) in [6.45, 7) is 4.36. The van der Waals surface area contributed by atoms with E-state index < -0.39 is 15.8 Å². The summed E-state index contributed by atoms with van der Waals surface area (Å²) < 4.78 is 36.1. The predicted molar refractivity (Wildman–Crippen MR) is 91.1 cm³/mol. The molecule has 2 heterocycles. The van der Waals surface area contributed by atoms with E-state index in [-0.39, 0.29) is 10.5 Å². The lowest BCUT2D eigenvalue weighted by Gasteiger charge is -2.29. The molecule has 0 atom stereocenters. The molecule has 10 heteroatoms. The van der Waals surface area contributed by atoms with Crippen LogP contribution in [0.2, 0.25) is 0 Å². The van der Waals surface area contributed by atoms with Gasteiger partial charge in [0.15, 0.2) is 0 Å². The molecule has 1 fully saturated rings. The van der Waals surface area contributed by atoms with Crippen LogP contribution in [0.5, 0.6) is 0 Å². The third-order valence-electron chi connectivity index (χ3n) is 3.42. The smallest absolute Gasteiger partial charge is 0.347 e. The highest BCUT2D eigenvalue weighted by atomic mass is 32.2. The van der Waals surface area contributed by atoms with Gasteiger partial charge in [0.25, 0.3) is 15.7 Å². The predicted octanol–water partition coefficient (Wildman–Crippen LogP) is -0.253. The van der Waals surface area contributed by atoms with Crippen molar-refractivity contribution in [3.63, 3.8) is 0 Å². The van der Waals surface area contributed by atoms with Gasteiger partial charge in [-0.05, 0) is 19.1 Å². The Morgan fingerprint density at radius 2 is 1.68 bits per heavy atom. The van der Waals surface area contributed by atoms with Crippen LogP contribution in [0.4, 0.5) is 0 Å². The van der Waals surface area contributed by atoms with Crippen LogP contribution in [0.15, 0.2) is 51.0 Å². The topological polar surface area (TPSA) is 122 Å². The second-order valence-corrected chi connectivity index (χ2v) is 6.73. The molecule has 1 saturated heterocycles. The normalized spacial score (nSPS) is 14.6. The average molecular weight is 369 g/mol. The average Bonchev–Trinajstić information content (AvgIpc) is 2.56. The molecule has 25 heavy (non-hydrogen) atoms. The molecule has 2 N–H and O–H groups in total. The zero-order valence-corrected chi connectivity index (χ0v) is 14.4. The first-order chi connectivity index (χ1) is 11.8. The van der Waals surface area contributed by atoms with Crippen molar-refractivity contribution in [2.24, 2.45) is 0 Å². The quantitative estimate of drug-likeness (QED) is 0.700. The number of benzene rings is 1. The van der Waals surface area contributed by atoms with E-state index in [9.17, 15) is 18.0 Å². The second kappa shape index (κ2) is 8.10. The van der Waals surface area contributed by atoms with E-state index in [0.717, 1.165) is 5.56 Å². The van der Waals surface area contributed by atoms with Gasteiger partial charge in [-0.25, -0.2) is 9.47 Å². The molecule has 0 unspecified atom stereocenters. The van der Waals surface area contributed by atoms with Crippen LogP contribution in [0.3, 0.4) is 0 Å². The molecule has 0 saturated carbocycles. The maximum atomic E-state index is 11.4. The van der Waals surface area contributed by atoms with Crippen molar-refractivity contribution in [2.75, 3.05) is 31.3 Å². The molecule has 0 amide bonds. The number of nitrogens with zero attached hydrogens (tertiary/aromatic N) is 2. The Labute approximate surface area is 144 Å². The molecule has 2 aromatic rings. The van der Waals surface area contributed by atoms with Crippen LogP contribution in [-0.2, 0) is 14.9 Å². The minimum absolute atomic E-state index is 0.0666. The molecule has 1 aliphatic rings. The summed E-state index contributed by atoms with van der Waals surface area (Å²) in [4.78, 5) is 24.3. The summed E-state index contributed by atoms with van der Waals surface area (Å²) in [5, 5.41) is 1.84.